The first-order chi connectivity index (χ1) is 7.50. The quantitative estimate of drug-likeness (QED) is 0.735. The second-order valence-corrected chi connectivity index (χ2v) is 5.01. The van der Waals surface area contributed by atoms with Crippen LogP contribution in [0.15, 0.2) is 0 Å². The molecule has 0 radical (unpaired) electrons. The molecule has 0 bridgehead atoms. The van der Waals surface area contributed by atoms with Crippen LogP contribution in [0.1, 0.15) is 26.7 Å². The van der Waals surface area contributed by atoms with Crippen LogP contribution in [0.4, 0.5) is 4.79 Å². The van der Waals surface area contributed by atoms with Gasteiger partial charge in [-0.2, -0.15) is 0 Å². The van der Waals surface area contributed by atoms with Crippen molar-refractivity contribution in [1.29, 1.82) is 0 Å². The minimum Gasteiger partial charge on any atom is -0.480 e. The standard InChI is InChI=1S/C11H18N2O3/c1-6-3-4-13(9(6)10(14)15)11(16)12-8-5-7(8)2/h6-9H,3-5H2,1-2H3,(H,12,16)(H,14,15). The van der Waals surface area contributed by atoms with Crippen LogP contribution in [0, 0.1) is 11.8 Å². The Kier molecular flexibility index (Phi) is 2.78. The zero-order valence-electron chi connectivity index (χ0n) is 9.64. The van der Waals surface area contributed by atoms with Crippen LogP contribution in [0.25, 0.3) is 0 Å². The molecule has 2 rings (SSSR count). The van der Waals surface area contributed by atoms with E-state index in [1.54, 1.807) is 0 Å². The van der Waals surface area contributed by atoms with Crippen LogP contribution in [0.5, 0.6) is 0 Å². The number of urea groups is 1. The molecule has 4 atom stereocenters. The summed E-state index contributed by atoms with van der Waals surface area (Å²) in [4.78, 5) is 24.4. The van der Waals surface area contributed by atoms with Crippen LogP contribution in [-0.4, -0.2) is 40.6 Å². The van der Waals surface area contributed by atoms with Crippen molar-refractivity contribution in [2.75, 3.05) is 6.54 Å². The molecule has 0 aromatic heterocycles. The van der Waals surface area contributed by atoms with Crippen molar-refractivity contribution >= 4 is 12.0 Å². The van der Waals surface area contributed by atoms with Crippen molar-refractivity contribution in [2.45, 2.75) is 38.8 Å². The largest absolute Gasteiger partial charge is 0.480 e. The number of carboxylic acids is 1. The highest BCUT2D eigenvalue weighted by molar-refractivity contribution is 5.83. The van der Waals surface area contributed by atoms with E-state index in [0.29, 0.717) is 12.5 Å². The molecule has 5 nitrogen and oxygen atoms in total. The van der Waals surface area contributed by atoms with E-state index in [4.69, 9.17) is 5.11 Å². The van der Waals surface area contributed by atoms with Crippen LogP contribution in [-0.2, 0) is 4.79 Å². The molecule has 4 unspecified atom stereocenters. The lowest BCUT2D eigenvalue weighted by Gasteiger charge is -2.23. The lowest BCUT2D eigenvalue weighted by molar-refractivity contribution is -0.142. The number of amides is 2. The number of nitrogens with zero attached hydrogens (tertiary/aromatic N) is 1. The first kappa shape index (κ1) is 11.2. The summed E-state index contributed by atoms with van der Waals surface area (Å²) in [6.45, 7) is 4.50. The number of aliphatic carboxylic acids is 1. The summed E-state index contributed by atoms with van der Waals surface area (Å²) in [6.07, 6.45) is 1.78. The zero-order chi connectivity index (χ0) is 11.9. The molecule has 0 spiro atoms. The summed E-state index contributed by atoms with van der Waals surface area (Å²) in [6, 6.07) is -0.627. The summed E-state index contributed by atoms with van der Waals surface area (Å²) >= 11 is 0. The predicted molar refractivity (Wildman–Crippen MR) is 58.0 cm³/mol. The van der Waals surface area contributed by atoms with Crippen LogP contribution < -0.4 is 5.32 Å². The zero-order valence-corrected chi connectivity index (χ0v) is 9.64. The Balaban J connectivity index is 1.97. The van der Waals surface area contributed by atoms with Gasteiger partial charge in [0.05, 0.1) is 0 Å². The Bertz CT molecular complexity index is 318. The van der Waals surface area contributed by atoms with Gasteiger partial charge in [-0.1, -0.05) is 13.8 Å². The lowest BCUT2D eigenvalue weighted by Crippen LogP contribution is -2.48. The first-order valence-corrected chi connectivity index (χ1v) is 5.80. The fraction of sp³-hybridized carbons (Fsp3) is 0.818. The van der Waals surface area contributed by atoms with Crippen LogP contribution in [0.3, 0.4) is 0 Å². The molecule has 2 amide bonds. The third-order valence-corrected chi connectivity index (χ3v) is 3.63. The first-order valence-electron chi connectivity index (χ1n) is 5.80. The van der Waals surface area contributed by atoms with Gasteiger partial charge in [-0.25, -0.2) is 9.59 Å². The Morgan fingerprint density at radius 2 is 1.94 bits per heavy atom. The SMILES string of the molecule is CC1CC1NC(=O)N1CCC(C)C1C(=O)O. The number of carbonyl (C=O) groups is 2. The van der Waals surface area contributed by atoms with E-state index in [0.717, 1.165) is 12.8 Å². The number of rotatable bonds is 2. The van der Waals surface area contributed by atoms with Gasteiger partial charge in [-0.3, -0.25) is 0 Å². The molecule has 5 heteroatoms. The molecule has 2 aliphatic rings. The summed E-state index contributed by atoms with van der Waals surface area (Å²) in [5.74, 6) is -0.323. The van der Waals surface area contributed by atoms with Gasteiger partial charge in [0.25, 0.3) is 0 Å². The molecule has 2 fully saturated rings. The maximum Gasteiger partial charge on any atom is 0.326 e. The molecule has 2 N–H and O–H groups in total. The second kappa shape index (κ2) is 3.96. The van der Waals surface area contributed by atoms with Gasteiger partial charge in [-0.05, 0) is 24.7 Å². The van der Waals surface area contributed by atoms with Crippen LogP contribution in [0.2, 0.25) is 0 Å². The number of carbonyl (C=O) groups excluding carboxylic acids is 1. The summed E-state index contributed by atoms with van der Waals surface area (Å²) < 4.78 is 0. The smallest absolute Gasteiger partial charge is 0.326 e. The van der Waals surface area contributed by atoms with Gasteiger partial charge in [0.2, 0.25) is 0 Å². The Morgan fingerprint density at radius 1 is 1.31 bits per heavy atom. The maximum absolute atomic E-state index is 11.9. The van der Waals surface area contributed by atoms with Gasteiger partial charge < -0.3 is 15.3 Å². The molecule has 0 aromatic rings. The highest BCUT2D eigenvalue weighted by Gasteiger charge is 2.42. The van der Waals surface area contributed by atoms with Crippen molar-refractivity contribution in [3.05, 3.63) is 0 Å². The molecule has 1 aliphatic carbocycles. The average molecular weight is 226 g/mol. The Hall–Kier alpha value is -1.26. The molecular weight excluding hydrogens is 208 g/mol. The van der Waals surface area contributed by atoms with Gasteiger partial charge in [-0.15, -0.1) is 0 Å². The summed E-state index contributed by atoms with van der Waals surface area (Å²) in [7, 11) is 0. The van der Waals surface area contributed by atoms with Gasteiger partial charge in [0.1, 0.15) is 6.04 Å². The highest BCUT2D eigenvalue weighted by Crippen LogP contribution is 2.30. The van der Waals surface area contributed by atoms with E-state index in [1.807, 2.05) is 6.92 Å². The number of hydrogen-bond donors (Lipinski definition) is 2. The molecular formula is C11H18N2O3. The molecule has 1 aliphatic heterocycles. The topological polar surface area (TPSA) is 69.6 Å². The molecule has 16 heavy (non-hydrogen) atoms. The third-order valence-electron chi connectivity index (χ3n) is 3.63. The van der Waals surface area contributed by atoms with Crippen molar-refractivity contribution in [2.24, 2.45) is 11.8 Å². The van der Waals surface area contributed by atoms with Crippen molar-refractivity contribution in [1.82, 2.24) is 10.2 Å². The van der Waals surface area contributed by atoms with Gasteiger partial charge in [0, 0.05) is 12.6 Å². The van der Waals surface area contributed by atoms with Crippen molar-refractivity contribution in [3.63, 3.8) is 0 Å². The van der Waals surface area contributed by atoms with Crippen LogP contribution >= 0.6 is 0 Å². The molecule has 1 saturated carbocycles. The number of hydrogen-bond acceptors (Lipinski definition) is 2. The molecule has 1 heterocycles. The third kappa shape index (κ3) is 1.99. The van der Waals surface area contributed by atoms with E-state index in [2.05, 4.69) is 12.2 Å². The highest BCUT2D eigenvalue weighted by atomic mass is 16.4. The fourth-order valence-corrected chi connectivity index (χ4v) is 2.32. The second-order valence-electron chi connectivity index (χ2n) is 5.01. The average Bonchev–Trinajstić information content (AvgIpc) is 2.74. The van der Waals surface area contributed by atoms with E-state index in [9.17, 15) is 9.59 Å². The molecule has 1 saturated heterocycles. The number of carboxylic acid groups (broad SMARTS) is 1. The van der Waals surface area contributed by atoms with Gasteiger partial charge >= 0.3 is 12.0 Å². The van der Waals surface area contributed by atoms with Gasteiger partial charge in [0.15, 0.2) is 0 Å². The van der Waals surface area contributed by atoms with Crippen molar-refractivity contribution in [3.8, 4) is 0 Å². The Labute approximate surface area is 94.8 Å². The minimum atomic E-state index is -0.899. The fourth-order valence-electron chi connectivity index (χ4n) is 2.32. The van der Waals surface area contributed by atoms with E-state index >= 15 is 0 Å². The normalized spacial score (nSPS) is 37.2. The van der Waals surface area contributed by atoms with E-state index in [1.165, 1.54) is 4.90 Å². The molecule has 90 valence electrons. The summed E-state index contributed by atoms with van der Waals surface area (Å²) in [5.41, 5.74) is 0. The van der Waals surface area contributed by atoms with E-state index < -0.39 is 12.0 Å². The minimum absolute atomic E-state index is 0.0416. The number of likely N-dealkylation sites (tertiary alicyclic amines) is 1. The number of nitrogens with one attached hydrogen (secondary N) is 1. The predicted octanol–water partition coefficient (Wildman–Crippen LogP) is 0.899. The van der Waals surface area contributed by atoms with E-state index in [-0.39, 0.29) is 18.0 Å². The molecule has 0 aromatic carbocycles. The summed E-state index contributed by atoms with van der Waals surface area (Å²) in [5, 5.41) is 12.0. The van der Waals surface area contributed by atoms with Crippen molar-refractivity contribution < 1.29 is 14.7 Å². The lowest BCUT2D eigenvalue weighted by atomic mass is 10.0. The maximum atomic E-state index is 11.9. The monoisotopic (exact) mass is 226 g/mol. The Morgan fingerprint density at radius 3 is 2.44 bits per heavy atom.